The molecule has 0 spiro atoms. The highest BCUT2D eigenvalue weighted by molar-refractivity contribution is 6.00. The van der Waals surface area contributed by atoms with E-state index in [-0.39, 0.29) is 17.7 Å². The Labute approximate surface area is 152 Å². The van der Waals surface area contributed by atoms with Crippen molar-refractivity contribution in [3.05, 3.63) is 77.9 Å². The molecule has 0 aromatic heterocycles. The molecule has 0 unspecified atom stereocenters. The number of amides is 3. The number of nitrogens with one attached hydrogen (secondary N) is 3. The molecule has 2 aromatic carbocycles. The van der Waals surface area contributed by atoms with E-state index in [4.69, 9.17) is 0 Å². The first-order valence-corrected chi connectivity index (χ1v) is 8.25. The molecule has 0 aliphatic heterocycles. The normalized spacial score (nSPS) is 10.3. The quantitative estimate of drug-likeness (QED) is 0.529. The lowest BCUT2D eigenvalue weighted by molar-refractivity contribution is -0.111. The van der Waals surface area contributed by atoms with E-state index >= 15 is 0 Å². The maximum absolute atomic E-state index is 12.1. The fourth-order valence-electron chi connectivity index (χ4n) is 2.19. The number of hydrogen-bond acceptors (Lipinski definition) is 3. The van der Waals surface area contributed by atoms with Crippen LogP contribution in [0.5, 0.6) is 0 Å². The molecule has 2 rings (SSSR count). The lowest BCUT2D eigenvalue weighted by Crippen LogP contribution is -2.34. The summed E-state index contributed by atoms with van der Waals surface area (Å²) >= 11 is 0. The Bertz CT molecular complexity index is 784. The van der Waals surface area contributed by atoms with Gasteiger partial charge in [-0.2, -0.15) is 0 Å². The van der Waals surface area contributed by atoms with E-state index in [1.165, 1.54) is 6.08 Å². The van der Waals surface area contributed by atoms with Gasteiger partial charge in [0, 0.05) is 29.9 Å². The van der Waals surface area contributed by atoms with Crippen molar-refractivity contribution in [2.45, 2.75) is 6.92 Å². The summed E-state index contributed by atoms with van der Waals surface area (Å²) in [7, 11) is 0. The van der Waals surface area contributed by atoms with Crippen molar-refractivity contribution in [2.24, 2.45) is 0 Å². The Hall–Kier alpha value is -3.41. The fraction of sp³-hybridized carbons (Fsp3) is 0.150. The van der Waals surface area contributed by atoms with Gasteiger partial charge < -0.3 is 16.0 Å². The first-order valence-electron chi connectivity index (χ1n) is 8.25. The molecule has 3 amide bonds. The topological polar surface area (TPSA) is 87.3 Å². The zero-order valence-corrected chi connectivity index (χ0v) is 14.5. The summed E-state index contributed by atoms with van der Waals surface area (Å²) in [5, 5.41) is 8.16. The number of allylic oxidation sites excluding steroid dienone is 1. The summed E-state index contributed by atoms with van der Waals surface area (Å²) in [6, 6.07) is 15.5. The minimum absolute atomic E-state index is 0.180. The van der Waals surface area contributed by atoms with Crippen LogP contribution in [0.25, 0.3) is 0 Å². The van der Waals surface area contributed by atoms with Crippen LogP contribution in [0.1, 0.15) is 27.6 Å². The van der Waals surface area contributed by atoms with E-state index in [1.807, 2.05) is 6.07 Å². The molecule has 0 saturated carbocycles. The lowest BCUT2D eigenvalue weighted by Gasteiger charge is -2.08. The van der Waals surface area contributed by atoms with Gasteiger partial charge in [0.05, 0.1) is 0 Å². The van der Waals surface area contributed by atoms with E-state index in [2.05, 4.69) is 16.0 Å². The van der Waals surface area contributed by atoms with Gasteiger partial charge in [-0.1, -0.05) is 24.3 Å². The molecular formula is C20H21N3O3. The van der Waals surface area contributed by atoms with Crippen LogP contribution in [0, 0.1) is 0 Å². The summed E-state index contributed by atoms with van der Waals surface area (Å²) < 4.78 is 0. The molecular weight excluding hydrogens is 330 g/mol. The highest BCUT2D eigenvalue weighted by Gasteiger charge is 2.07. The molecule has 0 radical (unpaired) electrons. The Balaban J connectivity index is 1.75. The lowest BCUT2D eigenvalue weighted by atomic mass is 10.2. The summed E-state index contributed by atoms with van der Waals surface area (Å²) in [5.41, 5.74) is 1.66. The van der Waals surface area contributed by atoms with Crippen LogP contribution in [-0.4, -0.2) is 30.8 Å². The average Bonchev–Trinajstić information content (AvgIpc) is 2.66. The number of carbonyl (C=O) groups is 3. The van der Waals surface area contributed by atoms with Crippen molar-refractivity contribution in [1.29, 1.82) is 0 Å². The molecule has 6 nitrogen and oxygen atoms in total. The van der Waals surface area contributed by atoms with Crippen LogP contribution in [0.15, 0.2) is 66.7 Å². The summed E-state index contributed by atoms with van der Waals surface area (Å²) in [5.74, 6) is -0.648. The smallest absolute Gasteiger partial charge is 0.251 e. The standard InChI is InChI=1S/C20H21N3O3/c1-2-6-18(24)23-17-11-9-16(10-12-17)20(26)22-14-13-21-19(25)15-7-4-3-5-8-15/h2-12H,13-14H2,1H3,(H,21,25)(H,22,26)(H,23,24)/b6-2+. The van der Waals surface area contributed by atoms with Gasteiger partial charge in [0.1, 0.15) is 0 Å². The van der Waals surface area contributed by atoms with Crippen LogP contribution in [0.2, 0.25) is 0 Å². The van der Waals surface area contributed by atoms with Gasteiger partial charge in [0.25, 0.3) is 11.8 Å². The van der Waals surface area contributed by atoms with Gasteiger partial charge in [0.15, 0.2) is 0 Å². The van der Waals surface area contributed by atoms with Crippen molar-refractivity contribution >= 4 is 23.4 Å². The number of carbonyl (C=O) groups excluding carboxylic acids is 3. The Morgan fingerprint density at radius 3 is 1.88 bits per heavy atom. The van der Waals surface area contributed by atoms with Crippen molar-refractivity contribution in [2.75, 3.05) is 18.4 Å². The van der Waals surface area contributed by atoms with Crippen LogP contribution < -0.4 is 16.0 Å². The van der Waals surface area contributed by atoms with E-state index in [9.17, 15) is 14.4 Å². The largest absolute Gasteiger partial charge is 0.350 e. The van der Waals surface area contributed by atoms with E-state index in [0.29, 0.717) is 29.9 Å². The molecule has 0 aliphatic carbocycles. The predicted octanol–water partition coefficient (Wildman–Crippen LogP) is 2.36. The number of benzene rings is 2. The Kier molecular flexibility index (Phi) is 7.12. The maximum atomic E-state index is 12.1. The van der Waals surface area contributed by atoms with Gasteiger partial charge >= 0.3 is 0 Å². The first kappa shape index (κ1) is 18.9. The fourth-order valence-corrected chi connectivity index (χ4v) is 2.19. The second-order valence-corrected chi connectivity index (χ2v) is 5.44. The van der Waals surface area contributed by atoms with Crippen LogP contribution in [0.4, 0.5) is 5.69 Å². The average molecular weight is 351 g/mol. The van der Waals surface area contributed by atoms with E-state index < -0.39 is 0 Å². The van der Waals surface area contributed by atoms with E-state index in [0.717, 1.165) is 0 Å². The van der Waals surface area contributed by atoms with Crippen LogP contribution in [-0.2, 0) is 4.79 Å². The van der Waals surface area contributed by atoms with Crippen molar-refractivity contribution in [1.82, 2.24) is 10.6 Å². The Morgan fingerprint density at radius 1 is 0.808 bits per heavy atom. The van der Waals surface area contributed by atoms with Gasteiger partial charge in [-0.15, -0.1) is 0 Å². The molecule has 134 valence electrons. The van der Waals surface area contributed by atoms with E-state index in [1.54, 1.807) is 61.5 Å². The number of hydrogen-bond donors (Lipinski definition) is 3. The molecule has 0 heterocycles. The molecule has 0 fully saturated rings. The molecule has 6 heteroatoms. The monoisotopic (exact) mass is 351 g/mol. The Morgan fingerprint density at radius 2 is 1.35 bits per heavy atom. The minimum Gasteiger partial charge on any atom is -0.350 e. The second-order valence-electron chi connectivity index (χ2n) is 5.44. The molecule has 0 aliphatic rings. The molecule has 26 heavy (non-hydrogen) atoms. The highest BCUT2D eigenvalue weighted by atomic mass is 16.2. The van der Waals surface area contributed by atoms with Gasteiger partial charge in [-0.25, -0.2) is 0 Å². The summed E-state index contributed by atoms with van der Waals surface area (Å²) in [4.78, 5) is 35.4. The van der Waals surface area contributed by atoms with Crippen molar-refractivity contribution < 1.29 is 14.4 Å². The highest BCUT2D eigenvalue weighted by Crippen LogP contribution is 2.09. The maximum Gasteiger partial charge on any atom is 0.251 e. The zero-order chi connectivity index (χ0) is 18.8. The van der Waals surface area contributed by atoms with Gasteiger partial charge in [-0.05, 0) is 49.4 Å². The van der Waals surface area contributed by atoms with Crippen LogP contribution in [0.3, 0.4) is 0 Å². The van der Waals surface area contributed by atoms with Crippen LogP contribution >= 0.6 is 0 Å². The third kappa shape index (κ3) is 5.90. The molecule has 0 atom stereocenters. The molecule has 3 N–H and O–H groups in total. The number of rotatable bonds is 7. The summed E-state index contributed by atoms with van der Waals surface area (Å²) in [6.45, 7) is 2.41. The van der Waals surface area contributed by atoms with Crippen molar-refractivity contribution in [3.8, 4) is 0 Å². The second kappa shape index (κ2) is 9.78. The van der Waals surface area contributed by atoms with Crippen molar-refractivity contribution in [3.63, 3.8) is 0 Å². The number of anilines is 1. The first-order chi connectivity index (χ1) is 12.6. The molecule has 2 aromatic rings. The molecule has 0 saturated heterocycles. The summed E-state index contributed by atoms with van der Waals surface area (Å²) in [6.07, 6.45) is 3.07. The minimum atomic E-state index is -0.245. The van der Waals surface area contributed by atoms with Gasteiger partial charge in [-0.3, -0.25) is 14.4 Å². The molecule has 0 bridgehead atoms. The van der Waals surface area contributed by atoms with Gasteiger partial charge in [0.2, 0.25) is 5.91 Å². The third-order valence-electron chi connectivity index (χ3n) is 3.46. The predicted molar refractivity (Wildman–Crippen MR) is 101 cm³/mol. The third-order valence-corrected chi connectivity index (χ3v) is 3.46. The SMILES string of the molecule is C/C=C/C(=O)Nc1ccc(C(=O)NCCNC(=O)c2ccccc2)cc1. The zero-order valence-electron chi connectivity index (χ0n) is 14.5.